The minimum Gasteiger partial charge on any atom is -0.329 e. The molecule has 1 saturated heterocycles. The number of amides is 2. The fraction of sp³-hybridized carbons (Fsp3) is 0.188. The van der Waals surface area contributed by atoms with E-state index < -0.39 is 17.6 Å². The van der Waals surface area contributed by atoms with Gasteiger partial charge in [-0.25, -0.2) is 9.36 Å². The number of carbonyl (C=O) groups is 2. The van der Waals surface area contributed by atoms with Gasteiger partial charge in [0, 0.05) is 18.0 Å². The molecule has 2 heterocycles. The number of piperidine rings is 1. The molecule has 1 aliphatic heterocycles. The summed E-state index contributed by atoms with van der Waals surface area (Å²) in [6, 6.07) is 7.41. The fourth-order valence-electron chi connectivity index (χ4n) is 2.45. The standard InChI is InChI=1S/C16H15N3O3/c1-10-6-7-13(15(21)17-10)18-16(22)19-9-12-5-3-2-4-11(12)8-14(19)20/h2-5,8-9,13H,1,6-7H2,(H,17,21)(H,18,22). The number of benzene rings is 1. The number of carbonyl (C=O) groups excluding carboxylic acids is 2. The van der Waals surface area contributed by atoms with Crippen LogP contribution in [0.2, 0.25) is 0 Å². The average molecular weight is 297 g/mol. The van der Waals surface area contributed by atoms with Crippen LogP contribution in [0.25, 0.3) is 10.8 Å². The van der Waals surface area contributed by atoms with Crippen molar-refractivity contribution in [2.24, 2.45) is 0 Å². The van der Waals surface area contributed by atoms with Gasteiger partial charge in [0.2, 0.25) is 5.91 Å². The van der Waals surface area contributed by atoms with Crippen molar-refractivity contribution in [2.45, 2.75) is 18.9 Å². The van der Waals surface area contributed by atoms with Crippen LogP contribution in [0.1, 0.15) is 12.8 Å². The van der Waals surface area contributed by atoms with Crippen molar-refractivity contribution in [1.29, 1.82) is 0 Å². The lowest BCUT2D eigenvalue weighted by Gasteiger charge is -2.24. The Balaban J connectivity index is 1.86. The highest BCUT2D eigenvalue weighted by molar-refractivity contribution is 5.90. The van der Waals surface area contributed by atoms with Crippen molar-refractivity contribution in [1.82, 2.24) is 15.2 Å². The topological polar surface area (TPSA) is 80.2 Å². The summed E-state index contributed by atoms with van der Waals surface area (Å²) in [6.07, 6.45) is 2.55. The monoisotopic (exact) mass is 297 g/mol. The zero-order valence-electron chi connectivity index (χ0n) is 11.8. The maximum Gasteiger partial charge on any atom is 0.329 e. The molecule has 6 nitrogen and oxygen atoms in total. The number of nitrogens with zero attached hydrogens (tertiary/aromatic N) is 1. The van der Waals surface area contributed by atoms with Crippen LogP contribution in [0.4, 0.5) is 4.79 Å². The van der Waals surface area contributed by atoms with E-state index in [1.165, 1.54) is 12.3 Å². The Labute approximate surface area is 126 Å². The van der Waals surface area contributed by atoms with Gasteiger partial charge in [-0.3, -0.25) is 9.59 Å². The van der Waals surface area contributed by atoms with E-state index in [0.717, 1.165) is 15.3 Å². The zero-order valence-corrected chi connectivity index (χ0v) is 11.8. The molecule has 1 unspecified atom stereocenters. The van der Waals surface area contributed by atoms with Crippen LogP contribution in [0.5, 0.6) is 0 Å². The number of pyridine rings is 1. The van der Waals surface area contributed by atoms with Crippen LogP contribution < -0.4 is 16.2 Å². The number of fused-ring (bicyclic) bond motifs is 1. The molecule has 0 bridgehead atoms. The maximum absolute atomic E-state index is 12.3. The van der Waals surface area contributed by atoms with Gasteiger partial charge in [0.15, 0.2) is 0 Å². The Bertz CT molecular complexity index is 838. The summed E-state index contributed by atoms with van der Waals surface area (Å²) in [6.45, 7) is 3.68. The molecule has 0 spiro atoms. The lowest BCUT2D eigenvalue weighted by Crippen LogP contribution is -2.51. The minimum absolute atomic E-state index is 0.307. The number of hydrogen-bond donors (Lipinski definition) is 2. The van der Waals surface area contributed by atoms with Gasteiger partial charge >= 0.3 is 6.03 Å². The van der Waals surface area contributed by atoms with Gasteiger partial charge in [-0.2, -0.15) is 0 Å². The largest absolute Gasteiger partial charge is 0.329 e. The van der Waals surface area contributed by atoms with Crippen molar-refractivity contribution >= 4 is 22.7 Å². The van der Waals surface area contributed by atoms with Crippen LogP contribution >= 0.6 is 0 Å². The van der Waals surface area contributed by atoms with E-state index in [0.29, 0.717) is 18.5 Å². The molecular weight excluding hydrogens is 282 g/mol. The molecule has 6 heteroatoms. The van der Waals surface area contributed by atoms with E-state index >= 15 is 0 Å². The van der Waals surface area contributed by atoms with Crippen LogP contribution in [-0.4, -0.2) is 22.5 Å². The fourth-order valence-corrected chi connectivity index (χ4v) is 2.45. The number of aromatic nitrogens is 1. The number of hydrogen-bond acceptors (Lipinski definition) is 3. The van der Waals surface area contributed by atoms with Gasteiger partial charge in [0.25, 0.3) is 5.56 Å². The number of nitrogens with one attached hydrogen (secondary N) is 2. The quantitative estimate of drug-likeness (QED) is 0.834. The van der Waals surface area contributed by atoms with Gasteiger partial charge in [0.1, 0.15) is 6.04 Å². The summed E-state index contributed by atoms with van der Waals surface area (Å²) >= 11 is 0. The van der Waals surface area contributed by atoms with Crippen LogP contribution in [0, 0.1) is 0 Å². The normalized spacial score (nSPS) is 18.1. The Morgan fingerprint density at radius 1 is 1.27 bits per heavy atom. The second-order valence-corrected chi connectivity index (χ2v) is 5.24. The molecule has 1 fully saturated rings. The molecule has 2 amide bonds. The highest BCUT2D eigenvalue weighted by atomic mass is 16.2. The molecule has 1 aromatic heterocycles. The molecular formula is C16H15N3O3. The molecule has 1 atom stereocenters. The Hall–Kier alpha value is -2.89. The maximum atomic E-state index is 12.3. The highest BCUT2D eigenvalue weighted by Crippen LogP contribution is 2.12. The van der Waals surface area contributed by atoms with Gasteiger partial charge < -0.3 is 10.6 Å². The molecule has 112 valence electrons. The summed E-state index contributed by atoms with van der Waals surface area (Å²) in [5, 5.41) is 6.72. The number of rotatable bonds is 1. The summed E-state index contributed by atoms with van der Waals surface area (Å²) in [5.41, 5.74) is 0.204. The Morgan fingerprint density at radius 3 is 2.73 bits per heavy atom. The van der Waals surface area contributed by atoms with E-state index in [1.807, 2.05) is 18.2 Å². The van der Waals surface area contributed by atoms with E-state index in [9.17, 15) is 14.4 Å². The summed E-state index contributed by atoms with van der Waals surface area (Å²) in [7, 11) is 0. The lowest BCUT2D eigenvalue weighted by molar-refractivity contribution is -0.123. The second-order valence-electron chi connectivity index (χ2n) is 5.24. The molecule has 0 radical (unpaired) electrons. The van der Waals surface area contributed by atoms with Gasteiger partial charge in [-0.1, -0.05) is 30.8 Å². The minimum atomic E-state index is -0.656. The van der Waals surface area contributed by atoms with Crippen molar-refractivity contribution in [3.63, 3.8) is 0 Å². The van der Waals surface area contributed by atoms with Crippen LogP contribution in [0.3, 0.4) is 0 Å². The first kappa shape index (κ1) is 14.1. The lowest BCUT2D eigenvalue weighted by atomic mass is 10.1. The average Bonchev–Trinajstić information content (AvgIpc) is 2.49. The van der Waals surface area contributed by atoms with E-state index in [-0.39, 0.29) is 5.91 Å². The third kappa shape index (κ3) is 2.63. The highest BCUT2D eigenvalue weighted by Gasteiger charge is 2.26. The SMILES string of the molecule is C=C1CCC(NC(=O)n2cc3ccccc3cc2=O)C(=O)N1. The Morgan fingerprint density at radius 2 is 2.00 bits per heavy atom. The van der Waals surface area contributed by atoms with Gasteiger partial charge in [-0.15, -0.1) is 0 Å². The molecule has 0 aliphatic carbocycles. The second kappa shape index (κ2) is 5.48. The smallest absolute Gasteiger partial charge is 0.329 e. The van der Waals surface area contributed by atoms with Gasteiger partial charge in [-0.05, 0) is 23.6 Å². The zero-order chi connectivity index (χ0) is 15.7. The van der Waals surface area contributed by atoms with Crippen molar-refractivity contribution < 1.29 is 9.59 Å². The predicted octanol–water partition coefficient (Wildman–Crippen LogP) is 1.35. The third-order valence-electron chi connectivity index (χ3n) is 3.65. The molecule has 1 aliphatic rings. The van der Waals surface area contributed by atoms with Crippen molar-refractivity contribution in [3.05, 3.63) is 59.2 Å². The molecule has 2 aromatic rings. The van der Waals surface area contributed by atoms with Gasteiger partial charge in [0.05, 0.1) is 0 Å². The van der Waals surface area contributed by atoms with E-state index in [1.54, 1.807) is 6.07 Å². The first-order valence-corrected chi connectivity index (χ1v) is 6.95. The van der Waals surface area contributed by atoms with Crippen LogP contribution in [-0.2, 0) is 4.79 Å². The van der Waals surface area contributed by atoms with E-state index in [4.69, 9.17) is 0 Å². The predicted molar refractivity (Wildman–Crippen MR) is 82.4 cm³/mol. The first-order chi connectivity index (χ1) is 10.5. The van der Waals surface area contributed by atoms with Crippen LogP contribution in [0.15, 0.2) is 53.6 Å². The Kier molecular flexibility index (Phi) is 3.50. The molecule has 0 saturated carbocycles. The molecule has 22 heavy (non-hydrogen) atoms. The third-order valence-corrected chi connectivity index (χ3v) is 3.65. The summed E-state index contributed by atoms with van der Waals surface area (Å²) in [5.74, 6) is -0.307. The molecule has 2 N–H and O–H groups in total. The molecule has 1 aromatic carbocycles. The summed E-state index contributed by atoms with van der Waals surface area (Å²) in [4.78, 5) is 36.1. The number of allylic oxidation sites excluding steroid dienone is 1. The van der Waals surface area contributed by atoms with Crippen molar-refractivity contribution in [3.8, 4) is 0 Å². The molecule has 3 rings (SSSR count). The first-order valence-electron chi connectivity index (χ1n) is 6.95. The van der Waals surface area contributed by atoms with E-state index in [2.05, 4.69) is 17.2 Å². The summed E-state index contributed by atoms with van der Waals surface area (Å²) < 4.78 is 0.985. The van der Waals surface area contributed by atoms with Crippen molar-refractivity contribution in [2.75, 3.05) is 0 Å².